The molecule has 2 aromatic rings. The van der Waals surface area contributed by atoms with E-state index in [1.807, 2.05) is 12.1 Å². The number of para-hydroxylation sites is 2. The normalized spacial score (nSPS) is 14.0. The topological polar surface area (TPSA) is 18.5 Å². The number of nitrogens with one attached hydrogen (secondary N) is 1. The van der Waals surface area contributed by atoms with Gasteiger partial charge in [-0.25, -0.2) is 0 Å². The van der Waals surface area contributed by atoms with Crippen molar-refractivity contribution in [2.75, 3.05) is 17.1 Å². The maximum absolute atomic E-state index is 3.32. The molecule has 1 aliphatic heterocycles. The van der Waals surface area contributed by atoms with E-state index in [-0.39, 0.29) is 0 Å². The maximum Gasteiger partial charge on any atom is 0.0843 e. The highest BCUT2D eigenvalue weighted by molar-refractivity contribution is 5.80. The van der Waals surface area contributed by atoms with Gasteiger partial charge in [0.2, 0.25) is 0 Å². The molecule has 1 aliphatic rings. The third kappa shape index (κ3) is 1.65. The molecule has 3 heteroatoms. The molecule has 86 valence electrons. The zero-order valence-electron chi connectivity index (χ0n) is 10.0. The van der Waals surface area contributed by atoms with Crippen LogP contribution in [0.25, 0.3) is 0 Å². The smallest absolute Gasteiger partial charge is 0.0843 e. The summed E-state index contributed by atoms with van der Waals surface area (Å²) in [5, 5.41) is 4.12. The van der Waals surface area contributed by atoms with Gasteiger partial charge in [-0.05, 0) is 31.2 Å². The highest BCUT2D eigenvalue weighted by Crippen LogP contribution is 2.36. The molecule has 0 spiro atoms. The van der Waals surface area contributed by atoms with Gasteiger partial charge in [-0.3, -0.25) is 10.0 Å². The third-order valence-electron chi connectivity index (χ3n) is 3.03. The Morgan fingerprint density at radius 1 is 0.882 bits per heavy atom. The maximum atomic E-state index is 3.32. The number of fused-ring (bicyclic) bond motifs is 1. The van der Waals surface area contributed by atoms with Gasteiger partial charge in [-0.1, -0.05) is 29.8 Å². The molecule has 0 saturated heterocycles. The predicted octanol–water partition coefficient (Wildman–Crippen LogP) is 3.00. The first-order valence-corrected chi connectivity index (χ1v) is 5.71. The van der Waals surface area contributed by atoms with Gasteiger partial charge in [0.05, 0.1) is 17.1 Å². The van der Waals surface area contributed by atoms with Crippen molar-refractivity contribution in [3.63, 3.8) is 0 Å². The van der Waals surface area contributed by atoms with E-state index in [2.05, 4.69) is 66.0 Å². The fraction of sp³-hybridized carbons (Fsp3) is 0.143. The van der Waals surface area contributed by atoms with E-state index in [0.29, 0.717) is 0 Å². The van der Waals surface area contributed by atoms with Gasteiger partial charge >= 0.3 is 0 Å². The van der Waals surface area contributed by atoms with E-state index in [0.717, 1.165) is 5.69 Å². The highest BCUT2D eigenvalue weighted by Gasteiger charge is 2.23. The van der Waals surface area contributed by atoms with E-state index in [4.69, 9.17) is 0 Å². The molecule has 0 saturated carbocycles. The van der Waals surface area contributed by atoms with Crippen molar-refractivity contribution >= 4 is 17.1 Å². The minimum absolute atomic E-state index is 1.15. The summed E-state index contributed by atoms with van der Waals surface area (Å²) in [5.74, 6) is 0. The van der Waals surface area contributed by atoms with Gasteiger partial charge in [0, 0.05) is 7.05 Å². The van der Waals surface area contributed by atoms with Crippen LogP contribution in [0.3, 0.4) is 0 Å². The van der Waals surface area contributed by atoms with Crippen LogP contribution in [-0.2, 0) is 0 Å². The van der Waals surface area contributed by atoms with Crippen LogP contribution in [0.1, 0.15) is 5.56 Å². The van der Waals surface area contributed by atoms with Gasteiger partial charge < -0.3 is 0 Å². The van der Waals surface area contributed by atoms with Crippen molar-refractivity contribution in [2.45, 2.75) is 6.92 Å². The van der Waals surface area contributed by atoms with Crippen molar-refractivity contribution in [1.29, 1.82) is 0 Å². The minimum atomic E-state index is 1.15. The van der Waals surface area contributed by atoms with Gasteiger partial charge in [-0.15, -0.1) is 5.53 Å². The fourth-order valence-corrected chi connectivity index (χ4v) is 2.09. The van der Waals surface area contributed by atoms with Crippen LogP contribution < -0.4 is 15.6 Å². The molecule has 2 aromatic carbocycles. The highest BCUT2D eigenvalue weighted by atomic mass is 15.8. The van der Waals surface area contributed by atoms with Crippen molar-refractivity contribution in [3.05, 3.63) is 54.1 Å². The molecule has 0 aliphatic carbocycles. The summed E-state index contributed by atoms with van der Waals surface area (Å²) in [6.07, 6.45) is 0. The number of benzene rings is 2. The molecule has 0 aromatic heterocycles. The van der Waals surface area contributed by atoms with E-state index in [1.54, 1.807) is 0 Å². The van der Waals surface area contributed by atoms with E-state index < -0.39 is 0 Å². The van der Waals surface area contributed by atoms with Gasteiger partial charge in [-0.2, -0.15) is 0 Å². The fourth-order valence-electron chi connectivity index (χ4n) is 2.09. The molecule has 3 rings (SSSR count). The SMILES string of the molecule is Cc1ccc(N2NN(C)c3ccccc32)cc1. The second kappa shape index (κ2) is 3.79. The Morgan fingerprint density at radius 2 is 1.53 bits per heavy atom. The number of hydrazine groups is 2. The van der Waals surface area contributed by atoms with Crippen molar-refractivity contribution in [2.24, 2.45) is 0 Å². The summed E-state index contributed by atoms with van der Waals surface area (Å²) >= 11 is 0. The van der Waals surface area contributed by atoms with Crippen LogP contribution in [0.5, 0.6) is 0 Å². The molecule has 0 fully saturated rings. The van der Waals surface area contributed by atoms with Crippen LogP contribution in [0, 0.1) is 6.92 Å². The summed E-state index contributed by atoms with van der Waals surface area (Å²) < 4.78 is 0. The molecular weight excluding hydrogens is 210 g/mol. The lowest BCUT2D eigenvalue weighted by molar-refractivity contribution is 0.737. The Kier molecular flexibility index (Phi) is 2.27. The Morgan fingerprint density at radius 3 is 2.24 bits per heavy atom. The van der Waals surface area contributed by atoms with Gasteiger partial charge in [0.25, 0.3) is 0 Å². The van der Waals surface area contributed by atoms with Crippen LogP contribution in [-0.4, -0.2) is 7.05 Å². The molecule has 0 unspecified atom stereocenters. The Bertz CT molecular complexity index is 533. The third-order valence-corrected chi connectivity index (χ3v) is 3.03. The molecular formula is C14H15N3. The zero-order chi connectivity index (χ0) is 11.8. The van der Waals surface area contributed by atoms with Crippen LogP contribution in [0.4, 0.5) is 17.1 Å². The summed E-state index contributed by atoms with van der Waals surface area (Å²) in [6.45, 7) is 2.10. The van der Waals surface area contributed by atoms with Crippen molar-refractivity contribution in [3.8, 4) is 0 Å². The number of aryl methyl sites for hydroxylation is 1. The van der Waals surface area contributed by atoms with Gasteiger partial charge in [0.15, 0.2) is 0 Å². The molecule has 0 amide bonds. The van der Waals surface area contributed by atoms with Crippen molar-refractivity contribution in [1.82, 2.24) is 5.53 Å². The first-order valence-electron chi connectivity index (χ1n) is 5.71. The molecule has 17 heavy (non-hydrogen) atoms. The number of hydrogen-bond acceptors (Lipinski definition) is 3. The monoisotopic (exact) mass is 225 g/mol. The van der Waals surface area contributed by atoms with Crippen LogP contribution >= 0.6 is 0 Å². The first kappa shape index (κ1) is 10.2. The average Bonchev–Trinajstić information content (AvgIpc) is 2.69. The zero-order valence-corrected chi connectivity index (χ0v) is 10.0. The summed E-state index contributed by atoms with van der Waals surface area (Å²) in [6, 6.07) is 16.8. The molecule has 1 heterocycles. The number of anilines is 3. The Hall–Kier alpha value is -2.00. The summed E-state index contributed by atoms with van der Waals surface area (Å²) in [4.78, 5) is 0. The molecule has 0 atom stereocenters. The number of hydrogen-bond donors (Lipinski definition) is 1. The van der Waals surface area contributed by atoms with Crippen LogP contribution in [0.15, 0.2) is 48.5 Å². The Balaban J connectivity index is 2.04. The van der Waals surface area contributed by atoms with Gasteiger partial charge in [0.1, 0.15) is 0 Å². The standard InChI is InChI=1S/C14H15N3/c1-11-7-9-12(10-8-11)17-14-6-4-3-5-13(14)16(2)15-17/h3-10,15H,1-2H3. The number of nitrogens with zero attached hydrogens (tertiary/aromatic N) is 2. The average molecular weight is 225 g/mol. The lowest BCUT2D eigenvalue weighted by Gasteiger charge is -2.20. The van der Waals surface area contributed by atoms with Crippen molar-refractivity contribution < 1.29 is 0 Å². The first-order chi connectivity index (χ1) is 8.25. The molecule has 0 bridgehead atoms. The van der Waals surface area contributed by atoms with E-state index in [9.17, 15) is 0 Å². The second-order valence-electron chi connectivity index (χ2n) is 4.32. The summed E-state index contributed by atoms with van der Waals surface area (Å²) in [7, 11) is 2.02. The quantitative estimate of drug-likeness (QED) is 0.805. The minimum Gasteiger partial charge on any atom is -0.291 e. The summed E-state index contributed by atoms with van der Waals surface area (Å²) in [5.41, 5.74) is 8.11. The lowest BCUT2D eigenvalue weighted by atomic mass is 10.2. The number of rotatable bonds is 1. The van der Waals surface area contributed by atoms with Crippen LogP contribution in [0.2, 0.25) is 0 Å². The molecule has 1 N–H and O–H groups in total. The molecule has 3 nitrogen and oxygen atoms in total. The molecule has 0 radical (unpaired) electrons. The van der Waals surface area contributed by atoms with E-state index in [1.165, 1.54) is 16.9 Å². The second-order valence-corrected chi connectivity index (χ2v) is 4.32. The largest absolute Gasteiger partial charge is 0.291 e. The Labute approximate surface area is 101 Å². The predicted molar refractivity (Wildman–Crippen MR) is 71.3 cm³/mol. The lowest BCUT2D eigenvalue weighted by Crippen LogP contribution is -2.39. The van der Waals surface area contributed by atoms with E-state index >= 15 is 0 Å².